The topological polar surface area (TPSA) is 61.4 Å². The molecule has 138 valence electrons. The summed E-state index contributed by atoms with van der Waals surface area (Å²) >= 11 is 0. The largest absolute Gasteiger partial charge is 0.362 e. The standard InChI is InChI=1S/C21H27N3O2/c1-20-9-8-14(12-16(20)19(26)24-10-4-5-11-24)21(13-20)22-17-7-3-2-6-15(17)18(25)23-21/h2-3,6-7,14,16,22H,4-5,8-13H2,1H3,(H,23,25)/t14-,16+,20+,21-/m0/s1. The van der Waals surface area contributed by atoms with Gasteiger partial charge in [0.05, 0.1) is 5.56 Å². The molecule has 2 bridgehead atoms. The van der Waals surface area contributed by atoms with Crippen LogP contribution in [0.15, 0.2) is 24.3 Å². The first-order valence-electron chi connectivity index (χ1n) is 9.99. The van der Waals surface area contributed by atoms with Crippen molar-refractivity contribution in [1.29, 1.82) is 0 Å². The maximum absolute atomic E-state index is 13.1. The summed E-state index contributed by atoms with van der Waals surface area (Å²) in [6.45, 7) is 4.10. The number of nitrogens with one attached hydrogen (secondary N) is 2. The zero-order chi connectivity index (χ0) is 17.9. The molecule has 4 atom stereocenters. The number of para-hydroxylation sites is 1. The van der Waals surface area contributed by atoms with Crippen molar-refractivity contribution >= 4 is 17.5 Å². The number of carbonyl (C=O) groups is 2. The van der Waals surface area contributed by atoms with Crippen LogP contribution in [0.4, 0.5) is 5.69 Å². The Morgan fingerprint density at radius 1 is 1.19 bits per heavy atom. The first kappa shape index (κ1) is 16.2. The van der Waals surface area contributed by atoms with E-state index in [-0.39, 0.29) is 17.2 Å². The third kappa shape index (κ3) is 2.22. The molecular weight excluding hydrogens is 326 g/mol. The van der Waals surface area contributed by atoms with Gasteiger partial charge in [0.1, 0.15) is 5.66 Å². The number of hydrogen-bond acceptors (Lipinski definition) is 3. The molecule has 0 aromatic heterocycles. The molecule has 1 aromatic carbocycles. The average Bonchev–Trinajstić information content (AvgIpc) is 3.15. The van der Waals surface area contributed by atoms with E-state index in [2.05, 4.69) is 22.5 Å². The Labute approximate surface area is 154 Å². The molecule has 3 aliphatic carbocycles. The Bertz CT molecular complexity index is 772. The lowest BCUT2D eigenvalue weighted by molar-refractivity contribution is -0.149. The van der Waals surface area contributed by atoms with Gasteiger partial charge in [-0.1, -0.05) is 19.1 Å². The van der Waals surface area contributed by atoms with Crippen molar-refractivity contribution in [3.8, 4) is 0 Å². The van der Waals surface area contributed by atoms with E-state index < -0.39 is 5.66 Å². The van der Waals surface area contributed by atoms with Crippen molar-refractivity contribution in [3.63, 3.8) is 0 Å². The van der Waals surface area contributed by atoms with Crippen LogP contribution < -0.4 is 10.6 Å². The minimum Gasteiger partial charge on any atom is -0.362 e. The van der Waals surface area contributed by atoms with Crippen molar-refractivity contribution in [2.24, 2.45) is 17.3 Å². The smallest absolute Gasteiger partial charge is 0.255 e. The fraction of sp³-hybridized carbons (Fsp3) is 0.619. The van der Waals surface area contributed by atoms with Gasteiger partial charge in [0.25, 0.3) is 5.91 Å². The van der Waals surface area contributed by atoms with E-state index >= 15 is 0 Å². The van der Waals surface area contributed by atoms with Crippen LogP contribution in [0.2, 0.25) is 0 Å². The number of anilines is 1. The zero-order valence-electron chi connectivity index (χ0n) is 15.4. The summed E-state index contributed by atoms with van der Waals surface area (Å²) in [7, 11) is 0. The van der Waals surface area contributed by atoms with Gasteiger partial charge in [-0.05, 0) is 56.1 Å². The van der Waals surface area contributed by atoms with Gasteiger partial charge in [0.2, 0.25) is 5.91 Å². The first-order chi connectivity index (χ1) is 12.5. The highest BCUT2D eigenvalue weighted by atomic mass is 16.2. The van der Waals surface area contributed by atoms with Gasteiger partial charge in [0, 0.05) is 30.6 Å². The number of fused-ring (bicyclic) bond motifs is 3. The lowest BCUT2D eigenvalue weighted by atomic mass is 9.51. The van der Waals surface area contributed by atoms with Crippen LogP contribution in [0.5, 0.6) is 0 Å². The molecule has 0 radical (unpaired) electrons. The maximum Gasteiger partial charge on any atom is 0.255 e. The van der Waals surface area contributed by atoms with Crippen molar-refractivity contribution in [1.82, 2.24) is 10.2 Å². The number of hydrogen-bond donors (Lipinski definition) is 2. The average molecular weight is 353 g/mol. The van der Waals surface area contributed by atoms with Gasteiger partial charge >= 0.3 is 0 Å². The molecule has 26 heavy (non-hydrogen) atoms. The third-order valence-corrected chi connectivity index (χ3v) is 7.39. The van der Waals surface area contributed by atoms with Crippen LogP contribution in [-0.2, 0) is 4.79 Å². The Morgan fingerprint density at radius 3 is 2.73 bits per heavy atom. The van der Waals surface area contributed by atoms with Crippen LogP contribution in [0.25, 0.3) is 0 Å². The number of carbonyl (C=O) groups excluding carboxylic acids is 2. The van der Waals surface area contributed by atoms with Crippen molar-refractivity contribution in [3.05, 3.63) is 29.8 Å². The highest BCUT2D eigenvalue weighted by molar-refractivity contribution is 6.02. The number of benzene rings is 1. The minimum absolute atomic E-state index is 0.0120. The number of likely N-dealkylation sites (tertiary alicyclic amines) is 1. The molecule has 0 unspecified atom stereocenters. The predicted molar refractivity (Wildman–Crippen MR) is 99.6 cm³/mol. The van der Waals surface area contributed by atoms with Crippen LogP contribution in [-0.4, -0.2) is 35.5 Å². The van der Waals surface area contributed by atoms with Crippen molar-refractivity contribution in [2.45, 2.75) is 51.1 Å². The molecule has 5 heteroatoms. The van der Waals surface area contributed by atoms with E-state index in [1.807, 2.05) is 24.3 Å². The molecule has 4 fully saturated rings. The molecule has 1 aromatic rings. The second-order valence-electron chi connectivity index (χ2n) is 8.98. The highest BCUT2D eigenvalue weighted by Crippen LogP contribution is 2.58. The van der Waals surface area contributed by atoms with Crippen LogP contribution in [0.3, 0.4) is 0 Å². The van der Waals surface area contributed by atoms with E-state index in [4.69, 9.17) is 0 Å². The fourth-order valence-corrected chi connectivity index (χ4v) is 5.99. The molecule has 1 spiro atoms. The van der Waals surface area contributed by atoms with Crippen molar-refractivity contribution in [2.75, 3.05) is 18.4 Å². The predicted octanol–water partition coefficient (Wildman–Crippen LogP) is 2.99. The molecule has 5 nitrogen and oxygen atoms in total. The molecule has 2 N–H and O–H groups in total. The van der Waals surface area contributed by atoms with E-state index in [0.717, 1.165) is 62.9 Å². The molecule has 2 amide bonds. The SMILES string of the molecule is C[C@]12CC[C@@H](C[C@@H]1C(=O)N1CCCC1)[C@]1(C2)NC(=O)c2ccccc2N1. The number of rotatable bonds is 1. The summed E-state index contributed by atoms with van der Waals surface area (Å²) in [5, 5.41) is 6.97. The molecule has 6 rings (SSSR count). The van der Waals surface area contributed by atoms with E-state index in [1.54, 1.807) is 0 Å². The van der Waals surface area contributed by atoms with Gasteiger partial charge in [0.15, 0.2) is 0 Å². The second kappa shape index (κ2) is 5.48. The zero-order valence-corrected chi connectivity index (χ0v) is 15.4. The summed E-state index contributed by atoms with van der Waals surface area (Å²) in [4.78, 5) is 28.0. The molecule has 2 aliphatic heterocycles. The summed E-state index contributed by atoms with van der Waals surface area (Å²) in [5.74, 6) is 0.768. The first-order valence-corrected chi connectivity index (χ1v) is 9.99. The van der Waals surface area contributed by atoms with E-state index in [9.17, 15) is 9.59 Å². The summed E-state index contributed by atoms with van der Waals surface area (Å²) in [6.07, 6.45) is 6.11. The molecule has 3 saturated carbocycles. The Kier molecular flexibility index (Phi) is 3.40. The number of amides is 2. The fourth-order valence-electron chi connectivity index (χ4n) is 5.99. The van der Waals surface area contributed by atoms with Crippen LogP contribution in [0.1, 0.15) is 55.8 Å². The maximum atomic E-state index is 13.1. The minimum atomic E-state index is -0.403. The summed E-state index contributed by atoms with van der Waals surface area (Å²) < 4.78 is 0. The third-order valence-electron chi connectivity index (χ3n) is 7.39. The highest BCUT2D eigenvalue weighted by Gasteiger charge is 2.60. The Balaban J connectivity index is 1.45. The van der Waals surface area contributed by atoms with Gasteiger partial charge in [-0.3, -0.25) is 9.59 Å². The number of nitrogens with zero attached hydrogens (tertiary/aromatic N) is 1. The monoisotopic (exact) mass is 353 g/mol. The Hall–Kier alpha value is -2.04. The lowest BCUT2D eigenvalue weighted by Gasteiger charge is -2.61. The quantitative estimate of drug-likeness (QED) is 0.816. The van der Waals surface area contributed by atoms with E-state index in [1.165, 1.54) is 0 Å². The lowest BCUT2D eigenvalue weighted by Crippen LogP contribution is -2.70. The van der Waals surface area contributed by atoms with Crippen LogP contribution in [0, 0.1) is 17.3 Å². The van der Waals surface area contributed by atoms with Gasteiger partial charge in [-0.15, -0.1) is 0 Å². The molecule has 2 heterocycles. The van der Waals surface area contributed by atoms with Crippen molar-refractivity contribution < 1.29 is 9.59 Å². The molecule has 5 aliphatic rings. The molecular formula is C21H27N3O2. The van der Waals surface area contributed by atoms with Crippen LogP contribution >= 0.6 is 0 Å². The van der Waals surface area contributed by atoms with Gasteiger partial charge < -0.3 is 15.5 Å². The second-order valence-corrected chi connectivity index (χ2v) is 8.98. The molecule has 1 saturated heterocycles. The normalized spacial score (nSPS) is 38.0. The summed E-state index contributed by atoms with van der Waals surface area (Å²) in [5.41, 5.74) is 1.19. The van der Waals surface area contributed by atoms with E-state index in [0.29, 0.717) is 11.8 Å². The van der Waals surface area contributed by atoms with Gasteiger partial charge in [-0.2, -0.15) is 0 Å². The Morgan fingerprint density at radius 2 is 1.96 bits per heavy atom. The summed E-state index contributed by atoms with van der Waals surface area (Å²) in [6, 6.07) is 7.73. The van der Waals surface area contributed by atoms with Gasteiger partial charge in [-0.25, -0.2) is 0 Å².